The maximum absolute atomic E-state index is 10.6. The van der Waals surface area contributed by atoms with Crippen LogP contribution in [0.3, 0.4) is 0 Å². The van der Waals surface area contributed by atoms with E-state index in [1.165, 1.54) is 5.56 Å². The van der Waals surface area contributed by atoms with Crippen LogP contribution in [0, 0.1) is 5.92 Å². The molecule has 0 radical (unpaired) electrons. The minimum absolute atomic E-state index is 0.347. The zero-order chi connectivity index (χ0) is 11.6. The molecule has 0 saturated heterocycles. The van der Waals surface area contributed by atoms with E-state index in [0.29, 0.717) is 19.3 Å². The van der Waals surface area contributed by atoms with Crippen LogP contribution in [0.2, 0.25) is 0 Å². The van der Waals surface area contributed by atoms with Gasteiger partial charge in [0.2, 0.25) is 0 Å². The summed E-state index contributed by atoms with van der Waals surface area (Å²) in [5.41, 5.74) is 0.438. The Morgan fingerprint density at radius 1 is 1.31 bits per heavy atom. The zero-order valence-electron chi connectivity index (χ0n) is 9.10. The fraction of sp³-hybridized carbons (Fsp3) is 0.462. The largest absolute Gasteiger partial charge is 0.481 e. The highest BCUT2D eigenvalue weighted by Crippen LogP contribution is 2.41. The van der Waals surface area contributed by atoms with Crippen molar-refractivity contribution in [2.75, 3.05) is 0 Å². The van der Waals surface area contributed by atoms with Crippen LogP contribution in [0.1, 0.15) is 24.8 Å². The first-order chi connectivity index (χ1) is 7.59. The highest BCUT2D eigenvalue weighted by atomic mass is 16.4. The summed E-state index contributed by atoms with van der Waals surface area (Å²) >= 11 is 0. The lowest BCUT2D eigenvalue weighted by Gasteiger charge is -2.41. The Labute approximate surface area is 94.7 Å². The number of benzene rings is 1. The predicted octanol–water partition coefficient (Wildman–Crippen LogP) is 1.84. The van der Waals surface area contributed by atoms with Gasteiger partial charge in [-0.2, -0.15) is 0 Å². The predicted molar refractivity (Wildman–Crippen MR) is 60.1 cm³/mol. The van der Waals surface area contributed by atoms with Crippen molar-refractivity contribution in [1.82, 2.24) is 0 Å². The van der Waals surface area contributed by atoms with Crippen LogP contribution in [0.15, 0.2) is 30.3 Å². The summed E-state index contributed by atoms with van der Waals surface area (Å²) in [6.07, 6.45) is 2.26. The van der Waals surface area contributed by atoms with Crippen molar-refractivity contribution in [1.29, 1.82) is 0 Å². The van der Waals surface area contributed by atoms with Crippen LogP contribution in [0.5, 0.6) is 0 Å². The van der Waals surface area contributed by atoms with Crippen molar-refractivity contribution in [3.8, 4) is 0 Å². The number of hydrogen-bond donors (Lipinski definition) is 2. The molecular weight excluding hydrogens is 204 g/mol. The first kappa shape index (κ1) is 11.1. The molecule has 1 saturated carbocycles. The van der Waals surface area contributed by atoms with Gasteiger partial charge in [0.05, 0.1) is 11.5 Å². The third-order valence-electron chi connectivity index (χ3n) is 3.32. The van der Waals surface area contributed by atoms with Gasteiger partial charge >= 0.3 is 5.97 Å². The van der Waals surface area contributed by atoms with Crippen LogP contribution in [0.4, 0.5) is 0 Å². The van der Waals surface area contributed by atoms with Crippen LogP contribution >= 0.6 is 0 Å². The summed E-state index contributed by atoms with van der Waals surface area (Å²) in [6, 6.07) is 9.95. The van der Waals surface area contributed by atoms with Gasteiger partial charge in [0.1, 0.15) is 0 Å². The second kappa shape index (κ2) is 4.26. The van der Waals surface area contributed by atoms with Gasteiger partial charge in [-0.15, -0.1) is 0 Å². The molecule has 2 N–H and O–H groups in total. The molecule has 0 spiro atoms. The summed E-state index contributed by atoms with van der Waals surface area (Å²) < 4.78 is 0. The Balaban J connectivity index is 1.82. The second-order valence-electron chi connectivity index (χ2n) is 4.65. The standard InChI is InChI=1S/C13H16O3/c14-12(15)11-8-13(16,9-11)7-6-10-4-2-1-3-5-10/h1-5,11,16H,6-9H2,(H,14,15). The average Bonchev–Trinajstić information content (AvgIpc) is 2.24. The molecule has 0 aromatic heterocycles. The van der Waals surface area contributed by atoms with Crippen molar-refractivity contribution >= 4 is 5.97 Å². The molecule has 3 nitrogen and oxygen atoms in total. The highest BCUT2D eigenvalue weighted by Gasteiger charge is 2.45. The number of aliphatic hydroxyl groups is 1. The first-order valence-electron chi connectivity index (χ1n) is 5.58. The Kier molecular flexibility index (Phi) is 2.97. The molecule has 1 aromatic carbocycles. The molecule has 0 amide bonds. The minimum atomic E-state index is -0.788. The second-order valence-corrected chi connectivity index (χ2v) is 4.65. The van der Waals surface area contributed by atoms with Gasteiger partial charge in [-0.1, -0.05) is 30.3 Å². The van der Waals surface area contributed by atoms with E-state index < -0.39 is 11.6 Å². The van der Waals surface area contributed by atoms with Crippen molar-refractivity contribution < 1.29 is 15.0 Å². The number of carbonyl (C=O) groups is 1. The number of hydrogen-bond acceptors (Lipinski definition) is 2. The minimum Gasteiger partial charge on any atom is -0.481 e. The fourth-order valence-electron chi connectivity index (χ4n) is 2.26. The van der Waals surface area contributed by atoms with E-state index in [2.05, 4.69) is 0 Å². The molecule has 2 rings (SSSR count). The number of aliphatic carboxylic acids is 1. The van der Waals surface area contributed by atoms with E-state index in [1.54, 1.807) is 0 Å². The average molecular weight is 220 g/mol. The van der Waals surface area contributed by atoms with Gasteiger partial charge in [-0.3, -0.25) is 4.79 Å². The Bertz CT molecular complexity index is 366. The Morgan fingerprint density at radius 3 is 2.50 bits per heavy atom. The van der Waals surface area contributed by atoms with Gasteiger partial charge in [-0.05, 0) is 31.2 Å². The van der Waals surface area contributed by atoms with Gasteiger partial charge < -0.3 is 10.2 Å². The maximum atomic E-state index is 10.6. The molecule has 0 atom stereocenters. The quantitative estimate of drug-likeness (QED) is 0.814. The van der Waals surface area contributed by atoms with Gasteiger partial charge in [0, 0.05) is 0 Å². The lowest BCUT2D eigenvalue weighted by atomic mass is 9.68. The highest BCUT2D eigenvalue weighted by molar-refractivity contribution is 5.71. The van der Waals surface area contributed by atoms with Crippen LogP contribution in [-0.2, 0) is 11.2 Å². The van der Waals surface area contributed by atoms with Crippen molar-refractivity contribution in [2.45, 2.75) is 31.3 Å². The molecule has 86 valence electrons. The van der Waals surface area contributed by atoms with Crippen molar-refractivity contribution in [3.63, 3.8) is 0 Å². The third-order valence-corrected chi connectivity index (χ3v) is 3.32. The van der Waals surface area contributed by atoms with E-state index in [1.807, 2.05) is 30.3 Å². The molecule has 1 aromatic rings. The smallest absolute Gasteiger partial charge is 0.306 e. The monoisotopic (exact) mass is 220 g/mol. The van der Waals surface area contributed by atoms with E-state index in [-0.39, 0.29) is 5.92 Å². The van der Waals surface area contributed by atoms with Gasteiger partial charge in [-0.25, -0.2) is 0 Å². The maximum Gasteiger partial charge on any atom is 0.306 e. The Hall–Kier alpha value is -1.35. The molecule has 1 aliphatic carbocycles. The molecule has 0 aliphatic heterocycles. The molecule has 1 fully saturated rings. The molecule has 0 unspecified atom stereocenters. The summed E-state index contributed by atoms with van der Waals surface area (Å²) in [7, 11) is 0. The van der Waals surface area contributed by atoms with Crippen LogP contribution in [0.25, 0.3) is 0 Å². The first-order valence-corrected chi connectivity index (χ1v) is 5.58. The third kappa shape index (κ3) is 2.42. The lowest BCUT2D eigenvalue weighted by molar-refractivity contribution is -0.158. The summed E-state index contributed by atoms with van der Waals surface area (Å²) in [5.74, 6) is -1.13. The van der Waals surface area contributed by atoms with Crippen LogP contribution < -0.4 is 0 Å². The molecular formula is C13H16O3. The van der Waals surface area contributed by atoms with E-state index in [9.17, 15) is 9.90 Å². The van der Waals surface area contributed by atoms with E-state index >= 15 is 0 Å². The Morgan fingerprint density at radius 2 is 1.94 bits per heavy atom. The summed E-state index contributed by atoms with van der Waals surface area (Å²) in [4.78, 5) is 10.6. The topological polar surface area (TPSA) is 57.5 Å². The van der Waals surface area contributed by atoms with Crippen molar-refractivity contribution in [3.05, 3.63) is 35.9 Å². The zero-order valence-corrected chi connectivity index (χ0v) is 9.10. The lowest BCUT2D eigenvalue weighted by Crippen LogP contribution is -2.47. The summed E-state index contributed by atoms with van der Waals surface area (Å²) in [6.45, 7) is 0. The van der Waals surface area contributed by atoms with E-state index in [0.717, 1.165) is 6.42 Å². The molecule has 3 heteroatoms. The van der Waals surface area contributed by atoms with Gasteiger partial charge in [0.15, 0.2) is 0 Å². The molecule has 16 heavy (non-hydrogen) atoms. The van der Waals surface area contributed by atoms with E-state index in [4.69, 9.17) is 5.11 Å². The SMILES string of the molecule is O=C(O)C1CC(O)(CCc2ccccc2)C1. The molecule has 1 aliphatic rings. The van der Waals surface area contributed by atoms with Crippen LogP contribution in [-0.4, -0.2) is 21.8 Å². The number of rotatable bonds is 4. The number of carboxylic acid groups (broad SMARTS) is 1. The number of carboxylic acids is 1. The number of aryl methyl sites for hydroxylation is 1. The fourth-order valence-corrected chi connectivity index (χ4v) is 2.26. The normalized spacial score (nSPS) is 28.4. The molecule has 0 bridgehead atoms. The van der Waals surface area contributed by atoms with Crippen molar-refractivity contribution in [2.24, 2.45) is 5.92 Å². The molecule has 0 heterocycles. The van der Waals surface area contributed by atoms with Gasteiger partial charge in [0.25, 0.3) is 0 Å². The summed E-state index contributed by atoms with van der Waals surface area (Å²) in [5, 5.41) is 18.8.